The molecule has 1 aromatic heterocycles. The summed E-state index contributed by atoms with van der Waals surface area (Å²) in [6, 6.07) is -0.207. The molecule has 0 aliphatic carbocycles. The molecule has 0 radical (unpaired) electrons. The van der Waals surface area contributed by atoms with E-state index >= 15 is 0 Å². The van der Waals surface area contributed by atoms with E-state index < -0.39 is 0 Å². The Balaban J connectivity index is 1.84. The minimum Gasteiger partial charge on any atom is -0.395 e. The van der Waals surface area contributed by atoms with Gasteiger partial charge in [0.05, 0.1) is 18.6 Å². The van der Waals surface area contributed by atoms with E-state index in [1.165, 1.54) is 0 Å². The fourth-order valence-corrected chi connectivity index (χ4v) is 2.17. The molecular formula is C12H21N3O2. The summed E-state index contributed by atoms with van der Waals surface area (Å²) in [5.41, 5.74) is 6.64. The first-order valence-corrected chi connectivity index (χ1v) is 6.22. The maximum absolute atomic E-state index is 8.89. The van der Waals surface area contributed by atoms with Gasteiger partial charge in [-0.05, 0) is 18.8 Å². The Labute approximate surface area is 102 Å². The van der Waals surface area contributed by atoms with Gasteiger partial charge in [0.2, 0.25) is 0 Å². The summed E-state index contributed by atoms with van der Waals surface area (Å²) in [6.07, 6.45) is 6.78. The Morgan fingerprint density at radius 3 is 3.00 bits per heavy atom. The highest BCUT2D eigenvalue weighted by Gasteiger charge is 2.14. The topological polar surface area (TPSA) is 73.3 Å². The molecule has 2 heterocycles. The number of ether oxygens (including phenoxy) is 1. The van der Waals surface area contributed by atoms with Crippen molar-refractivity contribution >= 4 is 0 Å². The lowest BCUT2D eigenvalue weighted by Gasteiger charge is -2.22. The van der Waals surface area contributed by atoms with Crippen LogP contribution in [0, 0.1) is 5.92 Å². The van der Waals surface area contributed by atoms with Gasteiger partial charge in [-0.1, -0.05) is 0 Å². The van der Waals surface area contributed by atoms with Gasteiger partial charge in [0, 0.05) is 38.4 Å². The lowest BCUT2D eigenvalue weighted by atomic mass is 10.0. The maximum Gasteiger partial charge on any atom is 0.0949 e. The molecule has 2 rings (SSSR count). The van der Waals surface area contributed by atoms with Gasteiger partial charge in [-0.2, -0.15) is 0 Å². The SMILES string of the molecule is N[C@@H](CO)Cc1cn(CC2CCOCC2)cn1. The van der Waals surface area contributed by atoms with Gasteiger partial charge in [0.15, 0.2) is 0 Å². The fourth-order valence-electron chi connectivity index (χ4n) is 2.17. The monoisotopic (exact) mass is 239 g/mol. The van der Waals surface area contributed by atoms with Crippen molar-refractivity contribution in [1.82, 2.24) is 9.55 Å². The van der Waals surface area contributed by atoms with E-state index in [0.717, 1.165) is 38.3 Å². The number of imidazole rings is 1. The average Bonchev–Trinajstić information content (AvgIpc) is 2.77. The Kier molecular flexibility index (Phi) is 4.53. The number of hydrogen-bond donors (Lipinski definition) is 2. The van der Waals surface area contributed by atoms with Crippen LogP contribution < -0.4 is 5.73 Å². The van der Waals surface area contributed by atoms with Gasteiger partial charge in [-0.15, -0.1) is 0 Å². The van der Waals surface area contributed by atoms with Crippen molar-refractivity contribution in [3.8, 4) is 0 Å². The van der Waals surface area contributed by atoms with Crippen molar-refractivity contribution in [3.63, 3.8) is 0 Å². The lowest BCUT2D eigenvalue weighted by molar-refractivity contribution is 0.0612. The summed E-state index contributed by atoms with van der Waals surface area (Å²) in [5.74, 6) is 0.692. The Hall–Kier alpha value is -0.910. The molecular weight excluding hydrogens is 218 g/mol. The number of aliphatic hydroxyl groups is 1. The molecule has 0 unspecified atom stereocenters. The van der Waals surface area contributed by atoms with E-state index in [0.29, 0.717) is 12.3 Å². The molecule has 5 nitrogen and oxygen atoms in total. The quantitative estimate of drug-likeness (QED) is 0.768. The first-order chi connectivity index (χ1) is 8.28. The van der Waals surface area contributed by atoms with Gasteiger partial charge in [-0.3, -0.25) is 0 Å². The summed E-state index contributed by atoms with van der Waals surface area (Å²) in [6.45, 7) is 2.76. The van der Waals surface area contributed by atoms with Crippen molar-refractivity contribution in [2.45, 2.75) is 31.8 Å². The van der Waals surface area contributed by atoms with E-state index in [1.54, 1.807) is 0 Å². The second-order valence-corrected chi connectivity index (χ2v) is 4.76. The van der Waals surface area contributed by atoms with Crippen LogP contribution in [0.5, 0.6) is 0 Å². The summed E-state index contributed by atoms with van der Waals surface area (Å²) >= 11 is 0. The zero-order valence-corrected chi connectivity index (χ0v) is 10.1. The number of nitrogens with zero attached hydrogens (tertiary/aromatic N) is 2. The van der Waals surface area contributed by atoms with Gasteiger partial charge in [0.1, 0.15) is 0 Å². The average molecular weight is 239 g/mol. The van der Waals surface area contributed by atoms with Crippen molar-refractivity contribution in [3.05, 3.63) is 18.2 Å². The highest BCUT2D eigenvalue weighted by Crippen LogP contribution is 2.17. The molecule has 0 amide bonds. The van der Waals surface area contributed by atoms with Crippen LogP contribution >= 0.6 is 0 Å². The van der Waals surface area contributed by atoms with Crippen LogP contribution in [0.1, 0.15) is 18.5 Å². The van der Waals surface area contributed by atoms with Crippen LogP contribution in [0.4, 0.5) is 0 Å². The second-order valence-electron chi connectivity index (χ2n) is 4.76. The summed E-state index contributed by atoms with van der Waals surface area (Å²) < 4.78 is 7.46. The summed E-state index contributed by atoms with van der Waals surface area (Å²) in [7, 11) is 0. The molecule has 1 fully saturated rings. The Morgan fingerprint density at radius 2 is 2.29 bits per heavy atom. The Bertz CT molecular complexity index is 334. The molecule has 1 atom stereocenters. The molecule has 0 saturated carbocycles. The van der Waals surface area contributed by atoms with Crippen molar-refractivity contribution in [2.24, 2.45) is 11.7 Å². The molecule has 3 N–H and O–H groups in total. The molecule has 5 heteroatoms. The molecule has 1 aliphatic heterocycles. The van der Waals surface area contributed by atoms with E-state index in [2.05, 4.69) is 9.55 Å². The molecule has 0 spiro atoms. The molecule has 1 aliphatic rings. The zero-order valence-electron chi connectivity index (χ0n) is 10.1. The van der Waals surface area contributed by atoms with E-state index in [9.17, 15) is 0 Å². The Morgan fingerprint density at radius 1 is 1.53 bits per heavy atom. The first-order valence-electron chi connectivity index (χ1n) is 6.22. The van der Waals surface area contributed by atoms with Crippen LogP contribution in [0.25, 0.3) is 0 Å². The molecule has 96 valence electrons. The predicted molar refractivity (Wildman–Crippen MR) is 64.5 cm³/mol. The highest BCUT2D eigenvalue weighted by atomic mass is 16.5. The van der Waals surface area contributed by atoms with Gasteiger partial charge in [-0.25, -0.2) is 4.98 Å². The third-order valence-corrected chi connectivity index (χ3v) is 3.20. The van der Waals surface area contributed by atoms with E-state index in [1.807, 2.05) is 12.5 Å². The first kappa shape index (κ1) is 12.5. The van der Waals surface area contributed by atoms with Crippen LogP contribution in [-0.4, -0.2) is 40.5 Å². The zero-order chi connectivity index (χ0) is 12.1. The maximum atomic E-state index is 8.89. The predicted octanol–water partition coefficient (Wildman–Crippen LogP) is 0.172. The van der Waals surface area contributed by atoms with Crippen LogP contribution in [-0.2, 0) is 17.7 Å². The van der Waals surface area contributed by atoms with Crippen molar-refractivity contribution in [1.29, 1.82) is 0 Å². The third kappa shape index (κ3) is 3.80. The fraction of sp³-hybridized carbons (Fsp3) is 0.750. The number of hydrogen-bond acceptors (Lipinski definition) is 4. The number of nitrogens with two attached hydrogens (primary N) is 1. The number of aliphatic hydroxyl groups excluding tert-OH is 1. The molecule has 1 aromatic rings. The number of aromatic nitrogens is 2. The van der Waals surface area contributed by atoms with E-state index in [4.69, 9.17) is 15.6 Å². The molecule has 17 heavy (non-hydrogen) atoms. The van der Waals surface area contributed by atoms with Gasteiger partial charge in [0.25, 0.3) is 0 Å². The smallest absolute Gasteiger partial charge is 0.0949 e. The van der Waals surface area contributed by atoms with Crippen LogP contribution in [0.3, 0.4) is 0 Å². The normalized spacial score (nSPS) is 19.4. The van der Waals surface area contributed by atoms with Gasteiger partial charge >= 0.3 is 0 Å². The van der Waals surface area contributed by atoms with Crippen LogP contribution in [0.15, 0.2) is 12.5 Å². The summed E-state index contributed by atoms with van der Waals surface area (Å²) in [5, 5.41) is 8.89. The minimum atomic E-state index is -0.207. The number of rotatable bonds is 5. The highest BCUT2D eigenvalue weighted by molar-refractivity contribution is 4.99. The molecule has 0 aromatic carbocycles. The van der Waals surface area contributed by atoms with Crippen molar-refractivity contribution in [2.75, 3.05) is 19.8 Å². The second kappa shape index (κ2) is 6.14. The lowest BCUT2D eigenvalue weighted by Crippen LogP contribution is -2.26. The van der Waals surface area contributed by atoms with E-state index in [-0.39, 0.29) is 12.6 Å². The van der Waals surface area contributed by atoms with Gasteiger partial charge < -0.3 is 20.1 Å². The standard InChI is InChI=1S/C12H21N3O2/c13-11(8-16)5-12-7-15(9-14-12)6-10-1-3-17-4-2-10/h7,9-11,16H,1-6,8,13H2/t11-/m1/s1. The molecule has 1 saturated heterocycles. The third-order valence-electron chi connectivity index (χ3n) is 3.20. The summed E-state index contributed by atoms with van der Waals surface area (Å²) in [4.78, 5) is 4.31. The minimum absolute atomic E-state index is 0.00677. The molecule has 0 bridgehead atoms. The van der Waals surface area contributed by atoms with Crippen LogP contribution in [0.2, 0.25) is 0 Å². The largest absolute Gasteiger partial charge is 0.395 e. The van der Waals surface area contributed by atoms with Crippen molar-refractivity contribution < 1.29 is 9.84 Å².